The molecule has 0 spiro atoms. The quantitative estimate of drug-likeness (QED) is 0.899. The van der Waals surface area contributed by atoms with Crippen LogP contribution in [0, 0.1) is 0 Å². The predicted octanol–water partition coefficient (Wildman–Crippen LogP) is 1.05. The lowest BCUT2D eigenvalue weighted by Crippen LogP contribution is -2.29. The highest BCUT2D eigenvalue weighted by Gasteiger charge is 2.05. The highest BCUT2D eigenvalue weighted by atomic mass is 35.5. The fourth-order valence-electron chi connectivity index (χ4n) is 1.48. The van der Waals surface area contributed by atoms with E-state index in [0.29, 0.717) is 10.7 Å². The molecule has 0 bridgehead atoms. The van der Waals surface area contributed by atoms with Gasteiger partial charge in [0.2, 0.25) is 5.91 Å². The number of nitrogens with two attached hydrogens (primary N) is 1. The van der Waals surface area contributed by atoms with Gasteiger partial charge in [0.05, 0.1) is 5.69 Å². The molecular formula is C12H10ClN3O2. The third-order valence-electron chi connectivity index (χ3n) is 2.31. The van der Waals surface area contributed by atoms with E-state index < -0.39 is 5.91 Å². The Kier molecular flexibility index (Phi) is 3.43. The molecule has 0 saturated carbocycles. The number of benzene rings is 1. The normalized spacial score (nSPS) is 10.3. The van der Waals surface area contributed by atoms with Crippen LogP contribution >= 0.6 is 11.6 Å². The van der Waals surface area contributed by atoms with Gasteiger partial charge in [-0.2, -0.15) is 5.10 Å². The van der Waals surface area contributed by atoms with Crippen LogP contribution in [0.15, 0.2) is 41.2 Å². The molecule has 1 heterocycles. The summed E-state index contributed by atoms with van der Waals surface area (Å²) in [5, 5.41) is 4.69. The molecule has 5 nitrogen and oxygen atoms in total. The van der Waals surface area contributed by atoms with Crippen LogP contribution in [-0.2, 0) is 11.3 Å². The van der Waals surface area contributed by atoms with Crippen molar-refractivity contribution >= 4 is 17.5 Å². The first-order chi connectivity index (χ1) is 8.56. The fraction of sp³-hybridized carbons (Fsp3) is 0.0833. The average Bonchev–Trinajstić information content (AvgIpc) is 2.32. The number of primary amides is 1. The van der Waals surface area contributed by atoms with Gasteiger partial charge in [-0.05, 0) is 18.2 Å². The molecule has 0 aliphatic rings. The van der Waals surface area contributed by atoms with Crippen molar-refractivity contribution in [3.63, 3.8) is 0 Å². The number of nitrogens with zero attached hydrogens (tertiary/aromatic N) is 2. The lowest BCUT2D eigenvalue weighted by molar-refractivity contribution is -0.118. The Morgan fingerprint density at radius 3 is 2.50 bits per heavy atom. The van der Waals surface area contributed by atoms with Crippen molar-refractivity contribution < 1.29 is 4.79 Å². The summed E-state index contributed by atoms with van der Waals surface area (Å²) >= 11 is 5.79. The topological polar surface area (TPSA) is 78.0 Å². The van der Waals surface area contributed by atoms with Crippen LogP contribution in [0.2, 0.25) is 5.02 Å². The van der Waals surface area contributed by atoms with Gasteiger partial charge in [-0.25, -0.2) is 4.68 Å². The molecule has 1 amide bonds. The van der Waals surface area contributed by atoms with Gasteiger partial charge in [-0.3, -0.25) is 9.59 Å². The Morgan fingerprint density at radius 2 is 1.89 bits per heavy atom. The number of hydrogen-bond donors (Lipinski definition) is 1. The monoisotopic (exact) mass is 263 g/mol. The maximum absolute atomic E-state index is 11.5. The largest absolute Gasteiger partial charge is 0.368 e. The zero-order valence-electron chi connectivity index (χ0n) is 9.34. The highest BCUT2D eigenvalue weighted by Crippen LogP contribution is 2.18. The Labute approximate surface area is 108 Å². The van der Waals surface area contributed by atoms with Crippen LogP contribution in [-0.4, -0.2) is 15.7 Å². The Morgan fingerprint density at radius 1 is 1.22 bits per heavy atom. The van der Waals surface area contributed by atoms with Crippen molar-refractivity contribution in [2.45, 2.75) is 6.54 Å². The zero-order chi connectivity index (χ0) is 13.1. The Hall–Kier alpha value is -2.14. The summed E-state index contributed by atoms with van der Waals surface area (Å²) in [5.41, 5.74) is 6.06. The smallest absolute Gasteiger partial charge is 0.267 e. The summed E-state index contributed by atoms with van der Waals surface area (Å²) < 4.78 is 1.03. The minimum absolute atomic E-state index is 0.236. The van der Waals surface area contributed by atoms with Crippen LogP contribution in [0.1, 0.15) is 0 Å². The first-order valence-electron chi connectivity index (χ1n) is 5.18. The first-order valence-corrected chi connectivity index (χ1v) is 5.56. The maximum Gasteiger partial charge on any atom is 0.267 e. The lowest BCUT2D eigenvalue weighted by atomic mass is 10.1. The number of rotatable bonds is 3. The second-order valence-corrected chi connectivity index (χ2v) is 4.12. The number of amides is 1. The molecule has 0 unspecified atom stereocenters. The molecule has 2 rings (SSSR count). The lowest BCUT2D eigenvalue weighted by Gasteiger charge is -2.05. The molecular weight excluding hydrogens is 254 g/mol. The number of aromatic nitrogens is 2. The van der Waals surface area contributed by atoms with Gasteiger partial charge in [0, 0.05) is 16.7 Å². The van der Waals surface area contributed by atoms with Crippen molar-refractivity contribution in [3.05, 3.63) is 51.8 Å². The number of carbonyl (C=O) groups is 1. The van der Waals surface area contributed by atoms with E-state index in [0.717, 1.165) is 10.2 Å². The maximum atomic E-state index is 11.5. The van der Waals surface area contributed by atoms with Gasteiger partial charge in [-0.15, -0.1) is 0 Å². The molecule has 0 aliphatic carbocycles. The molecule has 1 aromatic carbocycles. The van der Waals surface area contributed by atoms with E-state index in [2.05, 4.69) is 5.10 Å². The van der Waals surface area contributed by atoms with Gasteiger partial charge >= 0.3 is 0 Å². The van der Waals surface area contributed by atoms with Gasteiger partial charge < -0.3 is 5.73 Å². The van der Waals surface area contributed by atoms with Crippen molar-refractivity contribution in [2.24, 2.45) is 5.73 Å². The SMILES string of the molecule is NC(=O)Cn1nc(-c2ccc(Cl)cc2)ccc1=O. The summed E-state index contributed by atoms with van der Waals surface area (Å²) in [7, 11) is 0. The third-order valence-corrected chi connectivity index (χ3v) is 2.56. The van der Waals surface area contributed by atoms with Crippen LogP contribution in [0.4, 0.5) is 0 Å². The fourth-order valence-corrected chi connectivity index (χ4v) is 1.61. The molecule has 0 aliphatic heterocycles. The van der Waals surface area contributed by atoms with E-state index in [1.54, 1.807) is 30.3 Å². The van der Waals surface area contributed by atoms with Gasteiger partial charge in [-0.1, -0.05) is 23.7 Å². The minimum Gasteiger partial charge on any atom is -0.368 e. The minimum atomic E-state index is -0.613. The third kappa shape index (κ3) is 2.75. The van der Waals surface area contributed by atoms with Gasteiger partial charge in [0.15, 0.2) is 0 Å². The Balaban J connectivity index is 2.43. The summed E-state index contributed by atoms with van der Waals surface area (Å²) in [6.07, 6.45) is 0. The van der Waals surface area contributed by atoms with E-state index >= 15 is 0 Å². The molecule has 0 atom stereocenters. The zero-order valence-corrected chi connectivity index (χ0v) is 10.1. The van der Waals surface area contributed by atoms with E-state index in [-0.39, 0.29) is 12.1 Å². The van der Waals surface area contributed by atoms with Gasteiger partial charge in [0.1, 0.15) is 6.54 Å². The molecule has 2 N–H and O–H groups in total. The van der Waals surface area contributed by atoms with Crippen molar-refractivity contribution in [1.29, 1.82) is 0 Å². The molecule has 0 fully saturated rings. The van der Waals surface area contributed by atoms with Crippen LogP contribution in [0.5, 0.6) is 0 Å². The summed E-state index contributed by atoms with van der Waals surface area (Å²) in [6, 6.07) is 9.95. The average molecular weight is 264 g/mol. The summed E-state index contributed by atoms with van der Waals surface area (Å²) in [5.74, 6) is -0.613. The van der Waals surface area contributed by atoms with Crippen molar-refractivity contribution in [2.75, 3.05) is 0 Å². The molecule has 6 heteroatoms. The first kappa shape index (κ1) is 12.3. The van der Waals surface area contributed by atoms with E-state index in [9.17, 15) is 9.59 Å². The summed E-state index contributed by atoms with van der Waals surface area (Å²) in [6.45, 7) is -0.236. The van der Waals surface area contributed by atoms with Gasteiger partial charge in [0.25, 0.3) is 5.56 Å². The van der Waals surface area contributed by atoms with Crippen LogP contribution in [0.25, 0.3) is 11.3 Å². The molecule has 2 aromatic rings. The number of hydrogen-bond acceptors (Lipinski definition) is 3. The van der Waals surface area contributed by atoms with Crippen molar-refractivity contribution in [1.82, 2.24) is 9.78 Å². The summed E-state index contributed by atoms with van der Waals surface area (Å²) in [4.78, 5) is 22.3. The van der Waals surface area contributed by atoms with E-state index in [1.807, 2.05) is 0 Å². The second-order valence-electron chi connectivity index (χ2n) is 3.69. The number of halogens is 1. The highest BCUT2D eigenvalue weighted by molar-refractivity contribution is 6.30. The van der Waals surface area contributed by atoms with E-state index in [1.165, 1.54) is 6.07 Å². The molecule has 0 radical (unpaired) electrons. The predicted molar refractivity (Wildman–Crippen MR) is 68.1 cm³/mol. The van der Waals surface area contributed by atoms with Crippen molar-refractivity contribution in [3.8, 4) is 11.3 Å². The number of carbonyl (C=O) groups excluding carboxylic acids is 1. The Bertz CT molecular complexity index is 635. The molecule has 92 valence electrons. The van der Waals surface area contributed by atoms with Crippen LogP contribution in [0.3, 0.4) is 0 Å². The van der Waals surface area contributed by atoms with E-state index in [4.69, 9.17) is 17.3 Å². The second kappa shape index (κ2) is 5.01. The van der Waals surface area contributed by atoms with Crippen LogP contribution < -0.4 is 11.3 Å². The molecule has 0 saturated heterocycles. The standard InChI is InChI=1S/C12H10ClN3O2/c13-9-3-1-8(2-4-9)10-5-6-12(18)16(15-10)7-11(14)17/h1-6H,7H2,(H2,14,17). The molecule has 1 aromatic heterocycles. The molecule has 18 heavy (non-hydrogen) atoms.